The molecule has 0 unspecified atom stereocenters. The maximum absolute atomic E-state index is 14.3. The average molecular weight is 1370 g/mol. The summed E-state index contributed by atoms with van der Waals surface area (Å²) in [6, 6.07) is 24.1. The third-order valence-electron chi connectivity index (χ3n) is 18.8. The SMILES string of the molecule is COc1cc2c(cc1OCCCOc1cc3c(cc1OC)C(=O)N1CCC[C@H]1[C@H](O)N3C(=O)OCc1ccc(NC(=O)[C@H](C)NC(=O)[C@@H](NC(=O)CC[C@H](NC(=O)CCCCCN3C(=O)C=CC3=O)C(=O)OCC3c4ccccc4-c4ccccc43)C(C)C)cc1)N=C[C@@H]1CCCN1C2=O. The molecule has 0 aromatic heterocycles. The number of nitrogens with zero attached hydrogens (tertiary/aromatic N) is 5. The fraction of sp³-hybridized carbons (Fsp3) is 0.419. The number of amides is 9. The zero-order valence-corrected chi connectivity index (χ0v) is 56.5. The number of carbonyl (C=O) groups is 10. The van der Waals surface area contributed by atoms with Gasteiger partial charge in [0.15, 0.2) is 29.2 Å². The highest BCUT2D eigenvalue weighted by Crippen LogP contribution is 2.46. The van der Waals surface area contributed by atoms with Crippen LogP contribution in [0.3, 0.4) is 0 Å². The van der Waals surface area contributed by atoms with Gasteiger partial charge in [0.1, 0.15) is 31.3 Å². The van der Waals surface area contributed by atoms with E-state index in [0.29, 0.717) is 85.6 Å². The number of hydrogen-bond donors (Lipinski definition) is 5. The predicted molar refractivity (Wildman–Crippen MR) is 366 cm³/mol. The van der Waals surface area contributed by atoms with Gasteiger partial charge in [-0.15, -0.1) is 0 Å². The number of aliphatic imine (C=N–C) groups is 1. The molecule has 6 aliphatic rings. The standard InChI is InChI=1S/C74H83N9O17/c1-43(2)67(79-64(85)28-27-55(78-63(84)22-7-6-12-31-82-65(86)29-30-66(82)87)73(93)99-42-54-50-19-10-8-17-48(50)49-18-9-11-20-51(49)54)69(89)76-44(3)68(88)77-46-25-23-45(24-26-46)41-100-74(94)83-58-39-62(60(96-5)37-53(58)71(91)81-33-14-21-57(81)72(83)92)98-35-15-34-97-61-38-56-52(36-59(61)95-4)70(90)80-32-13-16-47(80)40-75-56/h8-11,17-20,23-26,29-30,36-40,43-44,47,54-55,57,67,72,92H,6-7,12-16,21-22,27-28,31-35,41-42H2,1-5H3,(H,76,89)(H,77,88)(H,78,84)(H,79,85)/t44-,47-,55-,57-,67-,72-/m0/s1. The van der Waals surface area contributed by atoms with Crippen molar-refractivity contribution in [2.24, 2.45) is 10.9 Å². The summed E-state index contributed by atoms with van der Waals surface area (Å²) >= 11 is 0. The maximum atomic E-state index is 14.3. The maximum Gasteiger partial charge on any atom is 0.416 e. The van der Waals surface area contributed by atoms with Gasteiger partial charge in [-0.25, -0.2) is 14.5 Å². The van der Waals surface area contributed by atoms with E-state index in [2.05, 4.69) is 26.3 Å². The first-order chi connectivity index (χ1) is 48.3. The first-order valence-electron chi connectivity index (χ1n) is 34.0. The number of aliphatic hydroxyl groups excluding tert-OH is 1. The van der Waals surface area contributed by atoms with Crippen LogP contribution in [0.15, 0.2) is 114 Å². The van der Waals surface area contributed by atoms with Crippen molar-refractivity contribution in [3.63, 3.8) is 0 Å². The molecule has 26 heteroatoms. The second-order valence-corrected chi connectivity index (χ2v) is 25.8. The van der Waals surface area contributed by atoms with Gasteiger partial charge in [-0.1, -0.05) is 80.9 Å². The molecular weight excluding hydrogens is 1290 g/mol. The lowest BCUT2D eigenvalue weighted by Crippen LogP contribution is -2.54. The van der Waals surface area contributed by atoms with Gasteiger partial charge in [0.25, 0.3) is 23.6 Å². The second kappa shape index (κ2) is 31.9. The lowest BCUT2D eigenvalue weighted by molar-refractivity contribution is -0.148. The molecule has 11 rings (SSSR count). The smallest absolute Gasteiger partial charge is 0.416 e. The summed E-state index contributed by atoms with van der Waals surface area (Å²) in [6.45, 7) is 6.09. The largest absolute Gasteiger partial charge is 0.493 e. The molecule has 9 amide bonds. The number of aliphatic hydroxyl groups is 1. The third-order valence-corrected chi connectivity index (χ3v) is 18.8. The molecule has 0 spiro atoms. The number of anilines is 2. The predicted octanol–water partition coefficient (Wildman–Crippen LogP) is 7.64. The molecule has 1 aliphatic carbocycles. The van der Waals surface area contributed by atoms with Crippen LogP contribution in [0.5, 0.6) is 23.0 Å². The molecule has 2 saturated heterocycles. The molecule has 0 bridgehead atoms. The van der Waals surface area contributed by atoms with Gasteiger partial charge < -0.3 is 64.6 Å². The van der Waals surface area contributed by atoms with Crippen LogP contribution in [-0.4, -0.2) is 175 Å². The summed E-state index contributed by atoms with van der Waals surface area (Å²) in [5, 5.41) is 22.9. The van der Waals surface area contributed by atoms with Crippen LogP contribution in [-0.2, 0) is 49.6 Å². The van der Waals surface area contributed by atoms with Gasteiger partial charge >= 0.3 is 12.1 Å². The number of nitrogens with one attached hydrogen (secondary N) is 4. The Morgan fingerprint density at radius 3 is 1.95 bits per heavy atom. The Balaban J connectivity index is 0.667. The van der Waals surface area contributed by atoms with Crippen LogP contribution in [0, 0.1) is 5.92 Å². The van der Waals surface area contributed by atoms with Crippen LogP contribution in [0.4, 0.5) is 21.9 Å². The molecule has 5 heterocycles. The zero-order valence-electron chi connectivity index (χ0n) is 56.5. The van der Waals surface area contributed by atoms with E-state index in [4.69, 9.17) is 28.4 Å². The van der Waals surface area contributed by atoms with Gasteiger partial charge in [0.2, 0.25) is 23.6 Å². The van der Waals surface area contributed by atoms with E-state index in [9.17, 15) is 53.1 Å². The van der Waals surface area contributed by atoms with Crippen molar-refractivity contribution in [3.8, 4) is 34.1 Å². The first kappa shape index (κ1) is 70.7. The molecular formula is C74H83N9O17. The van der Waals surface area contributed by atoms with Crippen LogP contribution < -0.4 is 45.1 Å². The van der Waals surface area contributed by atoms with Gasteiger partial charge in [0.05, 0.1) is 62.0 Å². The van der Waals surface area contributed by atoms with Crippen molar-refractivity contribution < 1.29 is 81.5 Å². The van der Waals surface area contributed by atoms with Crippen LogP contribution in [0.25, 0.3) is 11.1 Å². The summed E-state index contributed by atoms with van der Waals surface area (Å²) in [5.41, 5.74) is 5.93. The minimum Gasteiger partial charge on any atom is -0.493 e. The van der Waals surface area contributed by atoms with E-state index in [-0.39, 0.29) is 105 Å². The Bertz CT molecular complexity index is 3960. The monoisotopic (exact) mass is 1370 g/mol. The highest BCUT2D eigenvalue weighted by atomic mass is 16.6. The van der Waals surface area contributed by atoms with Crippen LogP contribution in [0.2, 0.25) is 0 Å². The number of unbranched alkanes of at least 4 members (excludes halogenated alkanes) is 2. The van der Waals surface area contributed by atoms with E-state index >= 15 is 0 Å². The van der Waals surface area contributed by atoms with E-state index in [1.54, 1.807) is 56.5 Å². The molecule has 0 radical (unpaired) electrons. The number of methoxy groups -OCH3 is 2. The zero-order chi connectivity index (χ0) is 70.7. The molecule has 5 aromatic rings. The number of fused-ring (bicyclic) bond motifs is 7. The molecule has 5 N–H and O–H groups in total. The molecule has 6 atom stereocenters. The van der Waals surface area contributed by atoms with Crippen molar-refractivity contribution in [2.75, 3.05) is 63.9 Å². The highest BCUT2D eigenvalue weighted by Gasteiger charge is 2.46. The Labute approximate surface area is 578 Å². The number of rotatable bonds is 29. The number of hydrogen-bond acceptors (Lipinski definition) is 18. The van der Waals surface area contributed by atoms with Crippen molar-refractivity contribution in [1.82, 2.24) is 30.7 Å². The van der Waals surface area contributed by atoms with E-state index in [0.717, 1.165) is 44.9 Å². The van der Waals surface area contributed by atoms with Crippen LogP contribution in [0.1, 0.15) is 135 Å². The third kappa shape index (κ3) is 15.9. The number of benzene rings is 5. The van der Waals surface area contributed by atoms with E-state index in [1.807, 2.05) is 53.4 Å². The Hall–Kier alpha value is -10.6. The summed E-state index contributed by atoms with van der Waals surface area (Å²) in [4.78, 5) is 144. The Morgan fingerprint density at radius 1 is 0.640 bits per heavy atom. The Kier molecular flexibility index (Phi) is 22.6. The molecule has 526 valence electrons. The highest BCUT2D eigenvalue weighted by molar-refractivity contribution is 6.13. The van der Waals surface area contributed by atoms with Crippen molar-refractivity contribution in [1.29, 1.82) is 0 Å². The summed E-state index contributed by atoms with van der Waals surface area (Å²) < 4.78 is 35.4. The van der Waals surface area contributed by atoms with Gasteiger partial charge in [0, 0.05) is 81.0 Å². The number of ether oxygens (including phenoxy) is 6. The van der Waals surface area contributed by atoms with Gasteiger partial charge in [-0.2, -0.15) is 0 Å². The van der Waals surface area contributed by atoms with E-state index < -0.39 is 77.9 Å². The van der Waals surface area contributed by atoms with Crippen molar-refractivity contribution in [2.45, 2.75) is 140 Å². The topological polar surface area (TPSA) is 320 Å². The minimum absolute atomic E-state index is 0.0198. The van der Waals surface area contributed by atoms with Crippen molar-refractivity contribution in [3.05, 3.63) is 137 Å². The fourth-order valence-corrected chi connectivity index (χ4v) is 13.4. The fourth-order valence-electron chi connectivity index (χ4n) is 13.4. The molecule has 5 aromatic carbocycles. The second-order valence-electron chi connectivity index (χ2n) is 25.8. The van der Waals surface area contributed by atoms with Gasteiger partial charge in [-0.3, -0.25) is 48.2 Å². The molecule has 26 nitrogen and oxygen atoms in total. The van der Waals surface area contributed by atoms with E-state index in [1.165, 1.54) is 50.3 Å². The minimum atomic E-state index is -1.50. The summed E-state index contributed by atoms with van der Waals surface area (Å²) in [7, 11) is 2.92. The number of esters is 1. The molecule has 0 saturated carbocycles. The lowest BCUT2D eigenvalue weighted by atomic mass is 9.98. The first-order valence-corrected chi connectivity index (χ1v) is 34.0. The average Bonchev–Trinajstić information content (AvgIpc) is 1.58. The van der Waals surface area contributed by atoms with Gasteiger partial charge in [-0.05, 0) is 110 Å². The molecule has 5 aliphatic heterocycles. The molecule has 100 heavy (non-hydrogen) atoms. The van der Waals surface area contributed by atoms with Crippen LogP contribution >= 0.6 is 0 Å². The summed E-state index contributed by atoms with van der Waals surface area (Å²) in [5.74, 6) is -3.90. The number of imide groups is 1. The Morgan fingerprint density at radius 2 is 1.27 bits per heavy atom. The molecule has 2 fully saturated rings. The normalized spacial score (nSPS) is 18.1. The lowest BCUT2D eigenvalue weighted by Gasteiger charge is -2.31. The summed E-state index contributed by atoms with van der Waals surface area (Å²) in [6.07, 6.45) is 5.85. The quantitative estimate of drug-likeness (QED) is 0.0174. The number of carbonyl (C=O) groups excluding carboxylic acids is 10. The van der Waals surface area contributed by atoms with Crippen molar-refractivity contribution >= 4 is 82.6 Å².